The van der Waals surface area contributed by atoms with Crippen LogP contribution in [0.4, 0.5) is 5.69 Å². The highest BCUT2D eigenvalue weighted by Crippen LogP contribution is 2.34. The number of nitrogen functional groups attached to an aromatic ring is 1. The molecule has 1 aromatic heterocycles. The number of carbonyl (C=O) groups excluding carboxylic acids is 1. The molecule has 3 N–H and O–H groups in total. The highest BCUT2D eigenvalue weighted by Gasteiger charge is 2.37. The summed E-state index contributed by atoms with van der Waals surface area (Å²) in [6.45, 7) is 0.515. The Balaban J connectivity index is 1.72. The highest BCUT2D eigenvalue weighted by atomic mass is 16.5. The van der Waals surface area contributed by atoms with Gasteiger partial charge in [0.15, 0.2) is 5.76 Å². The van der Waals surface area contributed by atoms with Crippen molar-refractivity contribution in [3.05, 3.63) is 30.0 Å². The highest BCUT2D eigenvalue weighted by molar-refractivity contribution is 5.96. The molecule has 0 atom stereocenters. The molecule has 2 aromatic rings. The number of benzene rings is 1. The van der Waals surface area contributed by atoms with Crippen molar-refractivity contribution in [1.29, 1.82) is 0 Å². The molecule has 1 aliphatic carbocycles. The molecule has 1 aliphatic rings. The molecule has 3 rings (SSSR count). The van der Waals surface area contributed by atoms with Crippen LogP contribution in [0.5, 0.6) is 0 Å². The first kappa shape index (κ1) is 13.0. The lowest BCUT2D eigenvalue weighted by Gasteiger charge is -2.40. The minimum absolute atomic E-state index is 0.188. The molecule has 0 bridgehead atoms. The van der Waals surface area contributed by atoms with Crippen molar-refractivity contribution in [2.45, 2.75) is 24.9 Å². The Hall–Kier alpha value is -2.01. The van der Waals surface area contributed by atoms with Crippen LogP contribution in [0, 0.1) is 0 Å². The average Bonchev–Trinajstić information content (AvgIpc) is 2.80. The molecule has 20 heavy (non-hydrogen) atoms. The van der Waals surface area contributed by atoms with Gasteiger partial charge in [0.05, 0.1) is 5.60 Å². The molecule has 5 heteroatoms. The van der Waals surface area contributed by atoms with Gasteiger partial charge in [-0.25, -0.2) is 0 Å². The fourth-order valence-corrected chi connectivity index (χ4v) is 2.53. The maximum Gasteiger partial charge on any atom is 0.287 e. The van der Waals surface area contributed by atoms with E-state index in [9.17, 15) is 4.79 Å². The molecule has 0 unspecified atom stereocenters. The minimum Gasteiger partial charge on any atom is -0.451 e. The van der Waals surface area contributed by atoms with Gasteiger partial charge in [0, 0.05) is 24.7 Å². The molecule has 0 radical (unpaired) electrons. The predicted molar refractivity (Wildman–Crippen MR) is 76.6 cm³/mol. The number of hydrogen-bond acceptors (Lipinski definition) is 4. The monoisotopic (exact) mass is 274 g/mol. The number of nitrogens with one attached hydrogen (secondary N) is 1. The van der Waals surface area contributed by atoms with Crippen LogP contribution in [0.3, 0.4) is 0 Å². The maximum absolute atomic E-state index is 12.1. The Kier molecular flexibility index (Phi) is 3.14. The Morgan fingerprint density at radius 2 is 2.25 bits per heavy atom. The van der Waals surface area contributed by atoms with Crippen LogP contribution < -0.4 is 11.1 Å². The van der Waals surface area contributed by atoms with Gasteiger partial charge in [-0.05, 0) is 43.5 Å². The number of anilines is 1. The summed E-state index contributed by atoms with van der Waals surface area (Å²) in [5.41, 5.74) is 6.83. The zero-order chi connectivity index (χ0) is 14.2. The fraction of sp³-hybridized carbons (Fsp3) is 0.400. The lowest BCUT2D eigenvalue weighted by molar-refractivity contribution is -0.0679. The number of fused-ring (bicyclic) bond motifs is 1. The van der Waals surface area contributed by atoms with Crippen molar-refractivity contribution in [3.8, 4) is 0 Å². The van der Waals surface area contributed by atoms with E-state index >= 15 is 0 Å². The van der Waals surface area contributed by atoms with Crippen LogP contribution in [-0.2, 0) is 4.74 Å². The first-order valence-electron chi connectivity index (χ1n) is 6.74. The number of furan rings is 1. The Morgan fingerprint density at radius 3 is 2.90 bits per heavy atom. The van der Waals surface area contributed by atoms with Crippen molar-refractivity contribution in [1.82, 2.24) is 5.32 Å². The third-order valence-corrected chi connectivity index (χ3v) is 4.03. The van der Waals surface area contributed by atoms with Crippen molar-refractivity contribution in [2.24, 2.45) is 0 Å². The van der Waals surface area contributed by atoms with Gasteiger partial charge >= 0.3 is 0 Å². The number of amides is 1. The summed E-state index contributed by atoms with van der Waals surface area (Å²) in [7, 11) is 1.69. The summed E-state index contributed by atoms with van der Waals surface area (Å²) < 4.78 is 11.0. The van der Waals surface area contributed by atoms with E-state index in [0.29, 0.717) is 23.6 Å². The standard InChI is InChI=1S/C15H18N2O3/c1-19-15(5-2-6-15)9-17-14(18)13-8-10-7-11(16)3-4-12(10)20-13/h3-4,7-8H,2,5-6,9,16H2,1H3,(H,17,18). The topological polar surface area (TPSA) is 77.5 Å². The van der Waals surface area contributed by atoms with E-state index in [1.165, 1.54) is 0 Å². The Morgan fingerprint density at radius 1 is 1.45 bits per heavy atom. The molecule has 5 nitrogen and oxygen atoms in total. The van der Waals surface area contributed by atoms with E-state index < -0.39 is 0 Å². The summed E-state index contributed by atoms with van der Waals surface area (Å²) in [5, 5.41) is 3.71. The second-order valence-electron chi connectivity index (χ2n) is 5.33. The largest absolute Gasteiger partial charge is 0.451 e. The predicted octanol–water partition coefficient (Wildman–Crippen LogP) is 2.31. The van der Waals surface area contributed by atoms with Gasteiger partial charge in [0.2, 0.25) is 0 Å². The van der Waals surface area contributed by atoms with Crippen LogP contribution in [0.25, 0.3) is 11.0 Å². The SMILES string of the molecule is COC1(CNC(=O)c2cc3cc(N)ccc3o2)CCC1. The summed E-state index contributed by atoms with van der Waals surface area (Å²) in [4.78, 5) is 12.1. The van der Waals surface area contributed by atoms with Crippen molar-refractivity contribution >= 4 is 22.6 Å². The molecule has 0 aliphatic heterocycles. The van der Waals surface area contributed by atoms with Crippen LogP contribution in [0.2, 0.25) is 0 Å². The summed E-state index contributed by atoms with van der Waals surface area (Å²) in [5.74, 6) is 0.0827. The summed E-state index contributed by atoms with van der Waals surface area (Å²) >= 11 is 0. The average molecular weight is 274 g/mol. The third kappa shape index (κ3) is 2.25. The van der Waals surface area contributed by atoms with Crippen molar-refractivity contribution < 1.29 is 13.9 Å². The van der Waals surface area contributed by atoms with Gasteiger partial charge in [0.1, 0.15) is 5.58 Å². The van der Waals surface area contributed by atoms with E-state index in [1.807, 2.05) is 0 Å². The normalized spacial score (nSPS) is 16.9. The molecule has 106 valence electrons. The molecular weight excluding hydrogens is 256 g/mol. The van der Waals surface area contributed by atoms with E-state index in [0.717, 1.165) is 24.6 Å². The second kappa shape index (κ2) is 4.83. The summed E-state index contributed by atoms with van der Waals surface area (Å²) in [6, 6.07) is 7.02. The zero-order valence-corrected chi connectivity index (χ0v) is 11.4. The number of carbonyl (C=O) groups is 1. The minimum atomic E-state index is -0.219. The van der Waals surface area contributed by atoms with Crippen molar-refractivity contribution in [2.75, 3.05) is 19.4 Å². The van der Waals surface area contributed by atoms with Gasteiger partial charge in [-0.3, -0.25) is 4.79 Å². The zero-order valence-electron chi connectivity index (χ0n) is 11.4. The lowest BCUT2D eigenvalue weighted by Crippen LogP contribution is -2.49. The van der Waals surface area contributed by atoms with Gasteiger partial charge in [0.25, 0.3) is 5.91 Å². The van der Waals surface area contributed by atoms with E-state index in [4.69, 9.17) is 14.9 Å². The van der Waals surface area contributed by atoms with Gasteiger partial charge in [-0.15, -0.1) is 0 Å². The third-order valence-electron chi connectivity index (χ3n) is 4.03. The molecule has 0 saturated heterocycles. The molecule has 1 amide bonds. The Bertz CT molecular complexity index is 638. The molecule has 1 aromatic carbocycles. The smallest absolute Gasteiger partial charge is 0.287 e. The van der Waals surface area contributed by atoms with Crippen LogP contribution >= 0.6 is 0 Å². The van der Waals surface area contributed by atoms with Crippen LogP contribution in [0.15, 0.2) is 28.7 Å². The quantitative estimate of drug-likeness (QED) is 0.839. The first-order valence-corrected chi connectivity index (χ1v) is 6.74. The molecule has 0 spiro atoms. The molecule has 1 fully saturated rings. The van der Waals surface area contributed by atoms with Crippen LogP contribution in [0.1, 0.15) is 29.8 Å². The van der Waals surface area contributed by atoms with Crippen LogP contribution in [-0.4, -0.2) is 25.2 Å². The van der Waals surface area contributed by atoms with Gasteiger partial charge in [-0.1, -0.05) is 0 Å². The summed E-state index contributed by atoms with van der Waals surface area (Å²) in [6.07, 6.45) is 3.12. The lowest BCUT2D eigenvalue weighted by atomic mass is 9.80. The van der Waals surface area contributed by atoms with E-state index in [1.54, 1.807) is 31.4 Å². The fourth-order valence-electron chi connectivity index (χ4n) is 2.53. The number of hydrogen-bond donors (Lipinski definition) is 2. The maximum atomic E-state index is 12.1. The first-order chi connectivity index (χ1) is 9.62. The van der Waals surface area contributed by atoms with Gasteiger partial charge < -0.3 is 20.2 Å². The number of ether oxygens (including phenoxy) is 1. The number of rotatable bonds is 4. The van der Waals surface area contributed by atoms with E-state index in [2.05, 4.69) is 5.32 Å². The number of methoxy groups -OCH3 is 1. The number of nitrogens with two attached hydrogens (primary N) is 1. The molecule has 1 heterocycles. The van der Waals surface area contributed by atoms with Crippen molar-refractivity contribution in [3.63, 3.8) is 0 Å². The van der Waals surface area contributed by atoms with E-state index in [-0.39, 0.29) is 11.5 Å². The Labute approximate surface area is 117 Å². The van der Waals surface area contributed by atoms with Gasteiger partial charge in [-0.2, -0.15) is 0 Å². The molecule has 1 saturated carbocycles. The molecular formula is C15H18N2O3. The second-order valence-corrected chi connectivity index (χ2v) is 5.33.